The first kappa shape index (κ1) is 13.4. The largest absolute Gasteiger partial charge is 0.491 e. The Morgan fingerprint density at radius 2 is 2.00 bits per heavy atom. The second-order valence-corrected chi connectivity index (χ2v) is 4.10. The van der Waals surface area contributed by atoms with E-state index in [4.69, 9.17) is 9.47 Å². The van der Waals surface area contributed by atoms with Gasteiger partial charge in [-0.3, -0.25) is 4.68 Å². The summed E-state index contributed by atoms with van der Waals surface area (Å²) in [5, 5.41) is 11.2. The first-order chi connectivity index (χ1) is 9.28. The van der Waals surface area contributed by atoms with Crippen molar-refractivity contribution in [1.82, 2.24) is 15.0 Å². The Balaban J connectivity index is 1.81. The van der Waals surface area contributed by atoms with E-state index in [-0.39, 0.29) is 0 Å². The number of aromatic nitrogens is 3. The SMILES string of the molecule is COCCOc1ccc(NCc2cn(C)nn2)cc1. The third-order valence-electron chi connectivity index (χ3n) is 2.53. The first-order valence-electron chi connectivity index (χ1n) is 6.09. The van der Waals surface area contributed by atoms with Crippen LogP contribution in [0, 0.1) is 0 Å². The molecule has 6 heteroatoms. The summed E-state index contributed by atoms with van der Waals surface area (Å²) in [5.41, 5.74) is 1.92. The Morgan fingerprint density at radius 1 is 1.21 bits per heavy atom. The molecule has 6 nitrogen and oxygen atoms in total. The van der Waals surface area contributed by atoms with Crippen LogP contribution in [0.1, 0.15) is 5.69 Å². The first-order valence-corrected chi connectivity index (χ1v) is 6.09. The minimum absolute atomic E-state index is 0.558. The van der Waals surface area contributed by atoms with Gasteiger partial charge >= 0.3 is 0 Å². The number of benzene rings is 1. The van der Waals surface area contributed by atoms with Gasteiger partial charge in [0.25, 0.3) is 0 Å². The molecule has 0 aliphatic rings. The van der Waals surface area contributed by atoms with Crippen molar-refractivity contribution in [3.05, 3.63) is 36.2 Å². The number of ether oxygens (including phenoxy) is 2. The summed E-state index contributed by atoms with van der Waals surface area (Å²) < 4.78 is 12.1. The fourth-order valence-corrected chi connectivity index (χ4v) is 1.58. The number of methoxy groups -OCH3 is 1. The Morgan fingerprint density at radius 3 is 2.63 bits per heavy atom. The van der Waals surface area contributed by atoms with Gasteiger partial charge in [0.15, 0.2) is 0 Å². The molecule has 1 N–H and O–H groups in total. The van der Waals surface area contributed by atoms with Gasteiger partial charge in [-0.25, -0.2) is 0 Å². The van der Waals surface area contributed by atoms with Crippen LogP contribution in [0.4, 0.5) is 5.69 Å². The highest BCUT2D eigenvalue weighted by Crippen LogP contribution is 2.16. The van der Waals surface area contributed by atoms with Gasteiger partial charge < -0.3 is 14.8 Å². The maximum Gasteiger partial charge on any atom is 0.119 e. The van der Waals surface area contributed by atoms with Crippen molar-refractivity contribution in [3.63, 3.8) is 0 Å². The molecule has 1 aromatic heterocycles. The standard InChI is InChI=1S/C13H18N4O2/c1-17-10-12(15-16-17)9-14-11-3-5-13(6-4-11)19-8-7-18-2/h3-6,10,14H,7-9H2,1-2H3. The van der Waals surface area contributed by atoms with Crippen molar-refractivity contribution in [1.29, 1.82) is 0 Å². The number of nitrogens with one attached hydrogen (secondary N) is 1. The van der Waals surface area contributed by atoms with E-state index in [9.17, 15) is 0 Å². The van der Waals surface area contributed by atoms with Crippen LogP contribution in [-0.4, -0.2) is 35.3 Å². The highest BCUT2D eigenvalue weighted by Gasteiger charge is 1.99. The van der Waals surface area contributed by atoms with E-state index in [1.54, 1.807) is 11.8 Å². The zero-order valence-electron chi connectivity index (χ0n) is 11.2. The maximum atomic E-state index is 5.49. The number of nitrogens with zero attached hydrogens (tertiary/aromatic N) is 3. The zero-order valence-corrected chi connectivity index (χ0v) is 11.2. The van der Waals surface area contributed by atoms with E-state index in [2.05, 4.69) is 15.6 Å². The average molecular weight is 262 g/mol. The van der Waals surface area contributed by atoms with Crippen LogP contribution in [0.2, 0.25) is 0 Å². The summed E-state index contributed by atoms with van der Waals surface area (Å²) >= 11 is 0. The predicted molar refractivity (Wildman–Crippen MR) is 72.1 cm³/mol. The monoisotopic (exact) mass is 262 g/mol. The Labute approximate surface area is 112 Å². The third kappa shape index (κ3) is 4.26. The molecule has 19 heavy (non-hydrogen) atoms. The number of rotatable bonds is 7. The van der Waals surface area contributed by atoms with Crippen molar-refractivity contribution < 1.29 is 9.47 Å². The fourth-order valence-electron chi connectivity index (χ4n) is 1.58. The number of aryl methyl sites for hydroxylation is 1. The van der Waals surface area contributed by atoms with E-state index < -0.39 is 0 Å². The van der Waals surface area contributed by atoms with Gasteiger partial charge in [0.1, 0.15) is 18.1 Å². The second-order valence-electron chi connectivity index (χ2n) is 4.10. The molecule has 102 valence electrons. The van der Waals surface area contributed by atoms with Crippen LogP contribution < -0.4 is 10.1 Å². The summed E-state index contributed by atoms with van der Waals surface area (Å²) in [6.07, 6.45) is 1.88. The highest BCUT2D eigenvalue weighted by atomic mass is 16.5. The molecule has 0 atom stereocenters. The molecule has 0 radical (unpaired) electrons. The van der Waals surface area contributed by atoms with Crippen molar-refractivity contribution in [2.75, 3.05) is 25.6 Å². The van der Waals surface area contributed by atoms with Crippen LogP contribution in [0.5, 0.6) is 5.75 Å². The van der Waals surface area contributed by atoms with Gasteiger partial charge in [-0.05, 0) is 24.3 Å². The van der Waals surface area contributed by atoms with Gasteiger partial charge in [-0.15, -0.1) is 5.10 Å². The molecule has 0 saturated heterocycles. The number of hydrogen-bond donors (Lipinski definition) is 1. The normalized spacial score (nSPS) is 10.4. The molecule has 0 saturated carbocycles. The lowest BCUT2D eigenvalue weighted by Crippen LogP contribution is -2.04. The van der Waals surface area contributed by atoms with E-state index >= 15 is 0 Å². The summed E-state index contributed by atoms with van der Waals surface area (Å²) in [5.74, 6) is 0.835. The lowest BCUT2D eigenvalue weighted by Gasteiger charge is -2.07. The van der Waals surface area contributed by atoms with Gasteiger partial charge in [-0.2, -0.15) is 0 Å². The topological polar surface area (TPSA) is 61.2 Å². The number of anilines is 1. The fraction of sp³-hybridized carbons (Fsp3) is 0.385. The molecular formula is C13H18N4O2. The molecule has 0 amide bonds. The molecule has 2 rings (SSSR count). The molecule has 0 bridgehead atoms. The van der Waals surface area contributed by atoms with E-state index in [0.29, 0.717) is 19.8 Å². The molecule has 0 spiro atoms. The van der Waals surface area contributed by atoms with Crippen molar-refractivity contribution in [2.45, 2.75) is 6.54 Å². The maximum absolute atomic E-state index is 5.49. The summed E-state index contributed by atoms with van der Waals surface area (Å²) in [6.45, 7) is 1.80. The number of hydrogen-bond acceptors (Lipinski definition) is 5. The van der Waals surface area contributed by atoms with Crippen molar-refractivity contribution >= 4 is 5.69 Å². The molecular weight excluding hydrogens is 244 g/mol. The van der Waals surface area contributed by atoms with Crippen LogP contribution in [0.15, 0.2) is 30.5 Å². The Kier molecular flexibility index (Phi) is 4.74. The summed E-state index contributed by atoms with van der Waals surface area (Å²) in [4.78, 5) is 0. The minimum Gasteiger partial charge on any atom is -0.491 e. The van der Waals surface area contributed by atoms with Crippen molar-refractivity contribution in [3.8, 4) is 5.75 Å². The molecule has 0 unspecified atom stereocenters. The molecule has 2 aromatic rings. The molecule has 0 aliphatic carbocycles. The van der Waals surface area contributed by atoms with Crippen molar-refractivity contribution in [2.24, 2.45) is 7.05 Å². The molecule has 0 fully saturated rings. The van der Waals surface area contributed by atoms with Gasteiger partial charge in [0.05, 0.1) is 13.2 Å². The molecule has 1 aromatic carbocycles. The van der Waals surface area contributed by atoms with Crippen LogP contribution in [0.25, 0.3) is 0 Å². The quantitative estimate of drug-likeness (QED) is 0.765. The molecule has 1 heterocycles. The Hall–Kier alpha value is -2.08. The highest BCUT2D eigenvalue weighted by molar-refractivity contribution is 5.46. The van der Waals surface area contributed by atoms with E-state index in [1.807, 2.05) is 37.5 Å². The van der Waals surface area contributed by atoms with Crippen LogP contribution in [-0.2, 0) is 18.3 Å². The lowest BCUT2D eigenvalue weighted by atomic mass is 10.3. The predicted octanol–water partition coefficient (Wildman–Crippen LogP) is 1.45. The van der Waals surface area contributed by atoms with Gasteiger partial charge in [-0.1, -0.05) is 5.21 Å². The molecule has 0 aliphatic heterocycles. The van der Waals surface area contributed by atoms with E-state index in [1.165, 1.54) is 0 Å². The van der Waals surface area contributed by atoms with Gasteiger partial charge in [0.2, 0.25) is 0 Å². The minimum atomic E-state index is 0.558. The lowest BCUT2D eigenvalue weighted by molar-refractivity contribution is 0.146. The van der Waals surface area contributed by atoms with Crippen LogP contribution in [0.3, 0.4) is 0 Å². The summed E-state index contributed by atoms with van der Waals surface area (Å²) in [6, 6.07) is 7.79. The second kappa shape index (κ2) is 6.75. The zero-order chi connectivity index (χ0) is 13.5. The van der Waals surface area contributed by atoms with Gasteiger partial charge in [0, 0.05) is 26.0 Å². The third-order valence-corrected chi connectivity index (χ3v) is 2.53. The average Bonchev–Trinajstić information content (AvgIpc) is 2.84. The summed E-state index contributed by atoms with van der Waals surface area (Å²) in [7, 11) is 3.51. The Bertz CT molecular complexity index is 496. The van der Waals surface area contributed by atoms with Crippen LogP contribution >= 0.6 is 0 Å². The smallest absolute Gasteiger partial charge is 0.119 e. The van der Waals surface area contributed by atoms with E-state index in [0.717, 1.165) is 17.1 Å².